The molecule has 4 aromatic rings. The van der Waals surface area contributed by atoms with Gasteiger partial charge in [-0.15, -0.1) is 12.4 Å². The zero-order valence-electron chi connectivity index (χ0n) is 22.5. The SMILES string of the molecule is Cc1cc2nc(N(CCCN(C)C)C(=O)c3ccc(S(=O)(=O)N4CCc5ccccc54)cc3)sc2cc1C.Cl. The fourth-order valence-corrected chi connectivity index (χ4v) is 7.30. The lowest BCUT2D eigenvalue weighted by molar-refractivity contribution is 0.0986. The number of fused-ring (bicyclic) bond motifs is 2. The highest BCUT2D eigenvalue weighted by Gasteiger charge is 2.31. The predicted molar refractivity (Wildman–Crippen MR) is 162 cm³/mol. The highest BCUT2D eigenvalue weighted by Crippen LogP contribution is 2.34. The minimum Gasteiger partial charge on any atom is -0.309 e. The molecule has 7 nitrogen and oxygen atoms in total. The van der Waals surface area contributed by atoms with Gasteiger partial charge in [0.25, 0.3) is 15.9 Å². The second kappa shape index (κ2) is 11.6. The van der Waals surface area contributed by atoms with Crippen LogP contribution in [0.1, 0.15) is 33.5 Å². The van der Waals surface area contributed by atoms with Crippen LogP contribution in [-0.2, 0) is 16.4 Å². The largest absolute Gasteiger partial charge is 0.309 e. The molecule has 10 heteroatoms. The van der Waals surface area contributed by atoms with Crippen LogP contribution < -0.4 is 9.21 Å². The number of rotatable bonds is 8. The lowest BCUT2D eigenvalue weighted by Crippen LogP contribution is -2.33. The van der Waals surface area contributed by atoms with Gasteiger partial charge in [0.1, 0.15) is 0 Å². The van der Waals surface area contributed by atoms with E-state index < -0.39 is 10.0 Å². The second-order valence-electron chi connectivity index (χ2n) is 9.99. The van der Waals surface area contributed by atoms with E-state index >= 15 is 0 Å². The summed E-state index contributed by atoms with van der Waals surface area (Å²) in [6, 6.07) is 18.0. The first-order chi connectivity index (χ1) is 18.1. The van der Waals surface area contributed by atoms with Gasteiger partial charge in [0.15, 0.2) is 5.13 Å². The molecule has 0 N–H and O–H groups in total. The molecule has 0 aliphatic carbocycles. The van der Waals surface area contributed by atoms with Gasteiger partial charge < -0.3 is 4.90 Å². The number of anilines is 2. The summed E-state index contributed by atoms with van der Waals surface area (Å²) < 4.78 is 29.3. The van der Waals surface area contributed by atoms with Crippen LogP contribution in [0.4, 0.5) is 10.8 Å². The van der Waals surface area contributed by atoms with Crippen LogP contribution in [-0.4, -0.2) is 57.9 Å². The Morgan fingerprint density at radius 2 is 1.69 bits per heavy atom. The maximum absolute atomic E-state index is 13.7. The number of nitrogens with zero attached hydrogens (tertiary/aromatic N) is 4. The highest BCUT2D eigenvalue weighted by atomic mass is 35.5. The van der Waals surface area contributed by atoms with E-state index in [2.05, 4.69) is 30.9 Å². The van der Waals surface area contributed by atoms with E-state index in [1.54, 1.807) is 17.0 Å². The minimum absolute atomic E-state index is 0. The molecule has 2 heterocycles. The number of benzene rings is 3. The van der Waals surface area contributed by atoms with E-state index in [1.165, 1.54) is 33.3 Å². The average Bonchev–Trinajstić information content (AvgIpc) is 3.51. The van der Waals surface area contributed by atoms with Crippen molar-refractivity contribution >= 4 is 60.7 Å². The zero-order chi connectivity index (χ0) is 27.0. The zero-order valence-corrected chi connectivity index (χ0v) is 25.0. The van der Waals surface area contributed by atoms with Crippen LogP contribution in [0.2, 0.25) is 0 Å². The molecule has 0 saturated heterocycles. The number of sulfonamides is 1. The number of aromatic nitrogens is 1. The van der Waals surface area contributed by atoms with Gasteiger partial charge in [-0.05, 0) is 106 Å². The summed E-state index contributed by atoms with van der Waals surface area (Å²) in [5.74, 6) is -0.188. The van der Waals surface area contributed by atoms with E-state index in [0.717, 1.165) is 40.0 Å². The maximum atomic E-state index is 13.7. The number of hydrogen-bond acceptors (Lipinski definition) is 6. The standard InChI is InChI=1S/C29H32N4O3S2.ClH/c1-20-18-25-27(19-21(20)2)37-29(30-25)32(16-7-15-31(3)4)28(34)23-10-12-24(13-11-23)38(35,36)33-17-14-22-8-5-6-9-26(22)33;/h5-6,8-13,18-19H,7,14-17H2,1-4H3;1H. The Balaban J connectivity index is 0.00000353. The molecule has 0 fully saturated rings. The third-order valence-electron chi connectivity index (χ3n) is 6.99. The first-order valence-electron chi connectivity index (χ1n) is 12.7. The number of aryl methyl sites for hydroxylation is 2. The summed E-state index contributed by atoms with van der Waals surface area (Å²) in [5, 5.41) is 0.652. The smallest absolute Gasteiger partial charge is 0.264 e. The van der Waals surface area contributed by atoms with Gasteiger partial charge in [-0.3, -0.25) is 14.0 Å². The van der Waals surface area contributed by atoms with E-state index in [9.17, 15) is 13.2 Å². The fourth-order valence-electron chi connectivity index (χ4n) is 4.72. The molecule has 206 valence electrons. The first kappa shape index (κ1) is 29.0. The van der Waals surface area contributed by atoms with Crippen molar-refractivity contribution in [3.63, 3.8) is 0 Å². The van der Waals surface area contributed by atoms with Crippen molar-refractivity contribution in [1.29, 1.82) is 0 Å². The summed E-state index contributed by atoms with van der Waals surface area (Å²) in [6.45, 7) is 5.90. The third-order valence-corrected chi connectivity index (χ3v) is 9.86. The molecule has 1 amide bonds. The van der Waals surface area contributed by atoms with Crippen molar-refractivity contribution in [3.8, 4) is 0 Å². The van der Waals surface area contributed by atoms with Crippen molar-refractivity contribution in [2.75, 3.05) is 42.9 Å². The topological polar surface area (TPSA) is 73.8 Å². The maximum Gasteiger partial charge on any atom is 0.264 e. The molecular formula is C29H33ClN4O3S2. The molecule has 1 aliphatic rings. The summed E-state index contributed by atoms with van der Waals surface area (Å²) in [7, 11) is 0.291. The molecule has 3 aromatic carbocycles. The van der Waals surface area contributed by atoms with Crippen LogP contribution in [0, 0.1) is 13.8 Å². The lowest BCUT2D eigenvalue weighted by atomic mass is 10.1. The summed E-state index contributed by atoms with van der Waals surface area (Å²) in [6.07, 6.45) is 1.47. The van der Waals surface area contributed by atoms with Gasteiger partial charge in [0.2, 0.25) is 0 Å². The molecule has 0 unspecified atom stereocenters. The van der Waals surface area contributed by atoms with Crippen LogP contribution in [0.25, 0.3) is 10.2 Å². The van der Waals surface area contributed by atoms with Crippen LogP contribution >= 0.6 is 23.7 Å². The molecule has 0 radical (unpaired) electrons. The van der Waals surface area contributed by atoms with Crippen molar-refractivity contribution in [1.82, 2.24) is 9.88 Å². The Kier molecular flexibility index (Phi) is 8.66. The second-order valence-corrected chi connectivity index (χ2v) is 12.9. The lowest BCUT2D eigenvalue weighted by Gasteiger charge is -2.22. The summed E-state index contributed by atoms with van der Waals surface area (Å²) in [5.41, 5.74) is 5.42. The number of carbonyl (C=O) groups excluding carboxylic acids is 1. The molecular weight excluding hydrogens is 552 g/mol. The highest BCUT2D eigenvalue weighted by molar-refractivity contribution is 7.92. The Morgan fingerprint density at radius 1 is 1.00 bits per heavy atom. The molecule has 1 aliphatic heterocycles. The number of thiazole rings is 1. The van der Waals surface area contributed by atoms with E-state index in [0.29, 0.717) is 30.2 Å². The normalized spacial score (nSPS) is 13.0. The predicted octanol–water partition coefficient (Wildman–Crippen LogP) is 5.68. The summed E-state index contributed by atoms with van der Waals surface area (Å²) >= 11 is 1.51. The molecule has 0 saturated carbocycles. The monoisotopic (exact) mass is 584 g/mol. The van der Waals surface area contributed by atoms with Crippen LogP contribution in [0.15, 0.2) is 65.6 Å². The first-order valence-corrected chi connectivity index (χ1v) is 15.0. The van der Waals surface area contributed by atoms with Crippen molar-refractivity contribution in [2.45, 2.75) is 31.6 Å². The van der Waals surface area contributed by atoms with E-state index in [1.807, 2.05) is 38.4 Å². The molecule has 5 rings (SSSR count). The van der Waals surface area contributed by atoms with E-state index in [4.69, 9.17) is 4.98 Å². The van der Waals surface area contributed by atoms with Gasteiger partial charge in [-0.1, -0.05) is 29.5 Å². The van der Waals surface area contributed by atoms with E-state index in [-0.39, 0.29) is 23.2 Å². The van der Waals surface area contributed by atoms with Crippen molar-refractivity contribution in [3.05, 3.63) is 82.9 Å². The van der Waals surface area contributed by atoms with Crippen molar-refractivity contribution < 1.29 is 13.2 Å². The molecule has 39 heavy (non-hydrogen) atoms. The molecule has 0 bridgehead atoms. The van der Waals surface area contributed by atoms with Gasteiger partial charge >= 0.3 is 0 Å². The van der Waals surface area contributed by atoms with Gasteiger partial charge in [-0.25, -0.2) is 13.4 Å². The van der Waals surface area contributed by atoms with Crippen LogP contribution in [0.5, 0.6) is 0 Å². The van der Waals surface area contributed by atoms with Gasteiger partial charge in [0.05, 0.1) is 20.8 Å². The Hall–Kier alpha value is -2.98. The Bertz CT molecular complexity index is 1560. The number of amides is 1. The minimum atomic E-state index is -3.72. The number of carbonyl (C=O) groups is 1. The molecule has 0 spiro atoms. The molecule has 1 aromatic heterocycles. The fraction of sp³-hybridized carbons (Fsp3) is 0.310. The Morgan fingerprint density at radius 3 is 2.41 bits per heavy atom. The van der Waals surface area contributed by atoms with Crippen molar-refractivity contribution in [2.24, 2.45) is 0 Å². The molecule has 0 atom stereocenters. The number of halogens is 1. The van der Waals surface area contributed by atoms with Gasteiger partial charge in [0, 0.05) is 18.7 Å². The summed E-state index contributed by atoms with van der Waals surface area (Å²) in [4.78, 5) is 22.5. The average molecular weight is 585 g/mol. The van der Waals surface area contributed by atoms with Gasteiger partial charge in [-0.2, -0.15) is 0 Å². The number of hydrogen-bond donors (Lipinski definition) is 0. The van der Waals surface area contributed by atoms with Crippen LogP contribution in [0.3, 0.4) is 0 Å². The number of para-hydroxylation sites is 1. The Labute approximate surface area is 240 Å². The quantitative estimate of drug-likeness (QED) is 0.266. The third kappa shape index (κ3) is 5.82.